The van der Waals surface area contributed by atoms with Crippen LogP contribution in [0, 0.1) is 5.82 Å². The lowest BCUT2D eigenvalue weighted by Gasteiger charge is -2.35. The molecule has 1 fully saturated rings. The SMILES string of the molecule is O=C(Cc1ccc(F)cc1)N1CCN(C(=O)Cc2ccccc2Cl)CC1. The highest BCUT2D eigenvalue weighted by atomic mass is 35.5. The van der Waals surface area contributed by atoms with E-state index in [9.17, 15) is 14.0 Å². The topological polar surface area (TPSA) is 40.6 Å². The Morgan fingerprint density at radius 2 is 1.38 bits per heavy atom. The van der Waals surface area contributed by atoms with Crippen molar-refractivity contribution in [1.29, 1.82) is 0 Å². The van der Waals surface area contributed by atoms with Gasteiger partial charge in [-0.15, -0.1) is 0 Å². The van der Waals surface area contributed by atoms with Gasteiger partial charge in [0.05, 0.1) is 12.8 Å². The Kier molecular flexibility index (Phi) is 5.89. The van der Waals surface area contributed by atoms with Gasteiger partial charge in [-0.05, 0) is 29.3 Å². The van der Waals surface area contributed by atoms with Gasteiger partial charge in [0.25, 0.3) is 0 Å². The van der Waals surface area contributed by atoms with Gasteiger partial charge in [-0.1, -0.05) is 41.9 Å². The van der Waals surface area contributed by atoms with Crippen molar-refractivity contribution in [2.24, 2.45) is 0 Å². The molecule has 0 spiro atoms. The molecule has 0 saturated carbocycles. The Morgan fingerprint density at radius 1 is 0.846 bits per heavy atom. The molecule has 4 nitrogen and oxygen atoms in total. The Morgan fingerprint density at radius 3 is 1.96 bits per heavy atom. The van der Waals surface area contributed by atoms with Gasteiger partial charge in [0.1, 0.15) is 5.82 Å². The third kappa shape index (κ3) is 4.61. The lowest BCUT2D eigenvalue weighted by Crippen LogP contribution is -2.51. The summed E-state index contributed by atoms with van der Waals surface area (Å²) in [7, 11) is 0. The van der Waals surface area contributed by atoms with Gasteiger partial charge < -0.3 is 9.80 Å². The number of amides is 2. The summed E-state index contributed by atoms with van der Waals surface area (Å²) in [5.41, 5.74) is 1.60. The molecular formula is C20H20ClFN2O2. The molecule has 1 aliphatic heterocycles. The van der Waals surface area contributed by atoms with E-state index in [0.29, 0.717) is 31.2 Å². The number of rotatable bonds is 4. The first kappa shape index (κ1) is 18.4. The number of hydrogen-bond donors (Lipinski definition) is 0. The molecule has 136 valence electrons. The predicted molar refractivity (Wildman–Crippen MR) is 98.4 cm³/mol. The molecule has 0 aromatic heterocycles. The standard InChI is InChI=1S/C20H20ClFN2O2/c21-18-4-2-1-3-16(18)14-20(26)24-11-9-23(10-12-24)19(25)13-15-5-7-17(22)8-6-15/h1-8H,9-14H2. The average molecular weight is 375 g/mol. The van der Waals surface area contributed by atoms with E-state index in [1.807, 2.05) is 18.2 Å². The van der Waals surface area contributed by atoms with Gasteiger partial charge in [0.15, 0.2) is 0 Å². The van der Waals surface area contributed by atoms with Crippen LogP contribution in [0.2, 0.25) is 5.02 Å². The van der Waals surface area contributed by atoms with Crippen molar-refractivity contribution in [2.45, 2.75) is 12.8 Å². The third-order valence-corrected chi connectivity index (χ3v) is 4.92. The summed E-state index contributed by atoms with van der Waals surface area (Å²) in [5.74, 6) is -0.301. The molecule has 0 N–H and O–H groups in total. The summed E-state index contributed by atoms with van der Waals surface area (Å²) in [5, 5.41) is 0.592. The molecule has 2 aromatic rings. The predicted octanol–water partition coefficient (Wildman–Crippen LogP) is 2.94. The lowest BCUT2D eigenvalue weighted by atomic mass is 10.1. The molecule has 0 aliphatic carbocycles. The van der Waals surface area contributed by atoms with Gasteiger partial charge in [-0.25, -0.2) is 4.39 Å². The van der Waals surface area contributed by atoms with Crippen LogP contribution in [0.1, 0.15) is 11.1 Å². The molecule has 0 radical (unpaired) electrons. The van der Waals surface area contributed by atoms with E-state index in [0.717, 1.165) is 11.1 Å². The van der Waals surface area contributed by atoms with Crippen molar-refractivity contribution in [2.75, 3.05) is 26.2 Å². The fourth-order valence-electron chi connectivity index (χ4n) is 3.01. The fourth-order valence-corrected chi connectivity index (χ4v) is 3.21. The van der Waals surface area contributed by atoms with E-state index in [1.54, 1.807) is 28.0 Å². The number of nitrogens with zero attached hydrogens (tertiary/aromatic N) is 2. The second-order valence-corrected chi connectivity index (χ2v) is 6.74. The number of carbonyl (C=O) groups is 2. The van der Waals surface area contributed by atoms with Gasteiger partial charge in [0, 0.05) is 31.2 Å². The van der Waals surface area contributed by atoms with Crippen molar-refractivity contribution in [3.63, 3.8) is 0 Å². The van der Waals surface area contributed by atoms with E-state index in [1.165, 1.54) is 12.1 Å². The van der Waals surface area contributed by atoms with Crippen molar-refractivity contribution >= 4 is 23.4 Å². The number of hydrogen-bond acceptors (Lipinski definition) is 2. The molecule has 6 heteroatoms. The van der Waals surface area contributed by atoms with E-state index in [2.05, 4.69) is 0 Å². The molecule has 26 heavy (non-hydrogen) atoms. The van der Waals surface area contributed by atoms with Crippen molar-refractivity contribution in [3.05, 3.63) is 70.5 Å². The molecule has 3 rings (SSSR count). The third-order valence-electron chi connectivity index (χ3n) is 4.55. The van der Waals surface area contributed by atoms with Crippen LogP contribution in [0.25, 0.3) is 0 Å². The summed E-state index contributed by atoms with van der Waals surface area (Å²) < 4.78 is 12.9. The van der Waals surface area contributed by atoms with Crippen LogP contribution >= 0.6 is 11.6 Å². The quantitative estimate of drug-likeness (QED) is 0.825. The molecule has 0 atom stereocenters. The van der Waals surface area contributed by atoms with Crippen LogP contribution in [0.3, 0.4) is 0 Å². The zero-order valence-corrected chi connectivity index (χ0v) is 15.1. The van der Waals surface area contributed by atoms with Crippen molar-refractivity contribution in [1.82, 2.24) is 9.80 Å². The van der Waals surface area contributed by atoms with Crippen LogP contribution in [0.15, 0.2) is 48.5 Å². The van der Waals surface area contributed by atoms with Crippen LogP contribution in [0.4, 0.5) is 4.39 Å². The van der Waals surface area contributed by atoms with E-state index >= 15 is 0 Å². The maximum Gasteiger partial charge on any atom is 0.227 e. The molecule has 0 unspecified atom stereocenters. The van der Waals surface area contributed by atoms with Gasteiger partial charge in [0.2, 0.25) is 11.8 Å². The first-order chi connectivity index (χ1) is 12.5. The largest absolute Gasteiger partial charge is 0.339 e. The molecule has 1 heterocycles. The second kappa shape index (κ2) is 8.32. The van der Waals surface area contributed by atoms with Crippen LogP contribution < -0.4 is 0 Å². The first-order valence-corrected chi connectivity index (χ1v) is 8.94. The number of halogens is 2. The maximum atomic E-state index is 12.9. The highest BCUT2D eigenvalue weighted by molar-refractivity contribution is 6.31. The summed E-state index contributed by atoms with van der Waals surface area (Å²) in [6, 6.07) is 13.3. The summed E-state index contributed by atoms with van der Waals surface area (Å²) in [6.07, 6.45) is 0.511. The molecule has 2 aromatic carbocycles. The van der Waals surface area contributed by atoms with Gasteiger partial charge in [-0.3, -0.25) is 9.59 Å². The normalized spacial score (nSPS) is 14.4. The number of carbonyl (C=O) groups excluding carboxylic acids is 2. The zero-order valence-electron chi connectivity index (χ0n) is 14.3. The Hall–Kier alpha value is -2.40. The van der Waals surface area contributed by atoms with E-state index < -0.39 is 0 Å². The summed E-state index contributed by atoms with van der Waals surface area (Å²) in [4.78, 5) is 28.3. The fraction of sp³-hybridized carbons (Fsp3) is 0.300. The van der Waals surface area contributed by atoms with E-state index in [-0.39, 0.29) is 30.5 Å². The van der Waals surface area contributed by atoms with E-state index in [4.69, 9.17) is 11.6 Å². The number of piperazine rings is 1. The summed E-state index contributed by atoms with van der Waals surface area (Å²) in [6.45, 7) is 2.04. The minimum atomic E-state index is -0.313. The Balaban J connectivity index is 1.50. The molecule has 2 amide bonds. The molecule has 1 aliphatic rings. The van der Waals surface area contributed by atoms with Gasteiger partial charge in [-0.2, -0.15) is 0 Å². The highest BCUT2D eigenvalue weighted by Gasteiger charge is 2.24. The van der Waals surface area contributed by atoms with Crippen LogP contribution in [-0.4, -0.2) is 47.8 Å². The monoisotopic (exact) mass is 374 g/mol. The van der Waals surface area contributed by atoms with Crippen molar-refractivity contribution in [3.8, 4) is 0 Å². The zero-order chi connectivity index (χ0) is 18.5. The van der Waals surface area contributed by atoms with Gasteiger partial charge >= 0.3 is 0 Å². The maximum absolute atomic E-state index is 12.9. The average Bonchev–Trinajstić information content (AvgIpc) is 2.65. The Bertz CT molecular complexity index is 787. The van der Waals surface area contributed by atoms with Crippen LogP contribution in [-0.2, 0) is 22.4 Å². The number of benzene rings is 2. The minimum Gasteiger partial charge on any atom is -0.339 e. The molecule has 1 saturated heterocycles. The van der Waals surface area contributed by atoms with Crippen molar-refractivity contribution < 1.29 is 14.0 Å². The minimum absolute atomic E-state index is 0.00480. The van der Waals surface area contributed by atoms with Crippen LogP contribution in [0.5, 0.6) is 0 Å². The molecule has 0 bridgehead atoms. The second-order valence-electron chi connectivity index (χ2n) is 6.33. The Labute approximate surface area is 157 Å². The smallest absolute Gasteiger partial charge is 0.227 e. The summed E-state index contributed by atoms with van der Waals surface area (Å²) >= 11 is 6.11. The first-order valence-electron chi connectivity index (χ1n) is 8.56. The highest BCUT2D eigenvalue weighted by Crippen LogP contribution is 2.17. The molecular weight excluding hydrogens is 355 g/mol. The lowest BCUT2D eigenvalue weighted by molar-refractivity contribution is -0.138.